The van der Waals surface area contributed by atoms with Gasteiger partial charge < -0.3 is 16.2 Å². The van der Waals surface area contributed by atoms with Crippen molar-refractivity contribution in [3.05, 3.63) is 23.3 Å². The first kappa shape index (κ1) is 11.4. The lowest BCUT2D eigenvalue weighted by Gasteiger charge is -2.10. The van der Waals surface area contributed by atoms with Crippen molar-refractivity contribution < 1.29 is 9.90 Å². The molecule has 4 heteroatoms. The van der Waals surface area contributed by atoms with Gasteiger partial charge in [-0.25, -0.2) is 4.79 Å². The maximum Gasteiger partial charge on any atom is 0.337 e. The molecule has 4 N–H and O–H groups in total. The van der Waals surface area contributed by atoms with Crippen molar-refractivity contribution in [3.8, 4) is 0 Å². The fourth-order valence-corrected chi connectivity index (χ4v) is 1.35. The van der Waals surface area contributed by atoms with Crippen molar-refractivity contribution in [1.29, 1.82) is 0 Å². The molecule has 0 unspecified atom stereocenters. The van der Waals surface area contributed by atoms with Gasteiger partial charge in [0.2, 0.25) is 0 Å². The van der Waals surface area contributed by atoms with Crippen LogP contribution in [0, 0.1) is 6.92 Å². The number of rotatable bonds is 4. The van der Waals surface area contributed by atoms with Gasteiger partial charge >= 0.3 is 5.97 Å². The Morgan fingerprint density at radius 1 is 1.53 bits per heavy atom. The number of hydrogen-bond acceptors (Lipinski definition) is 3. The number of nitrogen functional groups attached to an aromatic ring is 1. The highest BCUT2D eigenvalue weighted by molar-refractivity contribution is 5.95. The van der Waals surface area contributed by atoms with Crippen LogP contribution in [0.25, 0.3) is 0 Å². The second-order valence-corrected chi connectivity index (χ2v) is 3.49. The van der Waals surface area contributed by atoms with E-state index in [1.54, 1.807) is 13.0 Å². The summed E-state index contributed by atoms with van der Waals surface area (Å²) in [4.78, 5) is 10.9. The third-order valence-electron chi connectivity index (χ3n) is 2.20. The standard InChI is InChI=1S/C11H16N2O2/c1-3-4-13-8-5-7(2)10(12)9(6-8)11(14)15/h5-6,13H,3-4,12H2,1-2H3,(H,14,15). The van der Waals surface area contributed by atoms with Crippen molar-refractivity contribution in [2.75, 3.05) is 17.6 Å². The van der Waals surface area contributed by atoms with Crippen LogP contribution < -0.4 is 11.1 Å². The van der Waals surface area contributed by atoms with Crippen molar-refractivity contribution in [1.82, 2.24) is 0 Å². The number of aryl methyl sites for hydroxylation is 1. The molecule has 0 spiro atoms. The molecule has 1 aromatic carbocycles. The Labute approximate surface area is 89.1 Å². The van der Waals surface area contributed by atoms with Crippen LogP contribution in [-0.4, -0.2) is 17.6 Å². The van der Waals surface area contributed by atoms with E-state index in [1.165, 1.54) is 0 Å². The van der Waals surface area contributed by atoms with Gasteiger partial charge in [0, 0.05) is 17.9 Å². The zero-order valence-corrected chi connectivity index (χ0v) is 9.00. The highest BCUT2D eigenvalue weighted by atomic mass is 16.4. The zero-order valence-electron chi connectivity index (χ0n) is 9.00. The van der Waals surface area contributed by atoms with Gasteiger partial charge in [-0.05, 0) is 31.0 Å². The molecule has 0 atom stereocenters. The van der Waals surface area contributed by atoms with Gasteiger partial charge in [0.25, 0.3) is 0 Å². The lowest BCUT2D eigenvalue weighted by atomic mass is 10.1. The number of anilines is 2. The van der Waals surface area contributed by atoms with Crippen LogP contribution in [0.2, 0.25) is 0 Å². The molecule has 4 nitrogen and oxygen atoms in total. The second kappa shape index (κ2) is 4.68. The molecular weight excluding hydrogens is 192 g/mol. The molecule has 82 valence electrons. The average Bonchev–Trinajstić information content (AvgIpc) is 2.19. The zero-order chi connectivity index (χ0) is 11.4. The van der Waals surface area contributed by atoms with Gasteiger partial charge in [-0.3, -0.25) is 0 Å². The van der Waals surface area contributed by atoms with Gasteiger partial charge in [-0.15, -0.1) is 0 Å². The Morgan fingerprint density at radius 2 is 2.20 bits per heavy atom. The van der Waals surface area contributed by atoms with E-state index in [4.69, 9.17) is 10.8 Å². The van der Waals surface area contributed by atoms with E-state index in [0.717, 1.165) is 24.2 Å². The molecule has 0 aromatic heterocycles. The summed E-state index contributed by atoms with van der Waals surface area (Å²) in [6.07, 6.45) is 0.992. The van der Waals surface area contributed by atoms with Crippen LogP contribution >= 0.6 is 0 Å². The number of carboxylic acids is 1. The number of carbonyl (C=O) groups is 1. The maximum absolute atomic E-state index is 10.9. The summed E-state index contributed by atoms with van der Waals surface area (Å²) in [7, 11) is 0. The van der Waals surface area contributed by atoms with Gasteiger partial charge in [-0.2, -0.15) is 0 Å². The molecule has 0 saturated carbocycles. The molecular formula is C11H16N2O2. The minimum absolute atomic E-state index is 0.161. The van der Waals surface area contributed by atoms with Gasteiger partial charge in [0.05, 0.1) is 5.56 Å². The van der Waals surface area contributed by atoms with E-state index in [1.807, 2.05) is 6.07 Å². The minimum Gasteiger partial charge on any atom is -0.478 e. The Balaban J connectivity index is 3.06. The summed E-state index contributed by atoms with van der Waals surface area (Å²) in [5.41, 5.74) is 7.76. The summed E-state index contributed by atoms with van der Waals surface area (Å²) >= 11 is 0. The first-order valence-corrected chi connectivity index (χ1v) is 4.93. The minimum atomic E-state index is -0.990. The molecule has 0 fully saturated rings. The predicted octanol–water partition coefficient (Wildman–Crippen LogP) is 2.10. The van der Waals surface area contributed by atoms with Crippen LogP contribution in [0.1, 0.15) is 29.3 Å². The topological polar surface area (TPSA) is 75.3 Å². The quantitative estimate of drug-likeness (QED) is 0.662. The third-order valence-corrected chi connectivity index (χ3v) is 2.20. The van der Waals surface area contributed by atoms with Crippen LogP contribution in [0.4, 0.5) is 11.4 Å². The normalized spacial score (nSPS) is 10.0. The fourth-order valence-electron chi connectivity index (χ4n) is 1.35. The summed E-state index contributed by atoms with van der Waals surface area (Å²) in [6.45, 7) is 4.68. The van der Waals surface area contributed by atoms with Crippen LogP contribution in [-0.2, 0) is 0 Å². The Hall–Kier alpha value is -1.71. The monoisotopic (exact) mass is 208 g/mol. The summed E-state index contributed by atoms with van der Waals surface area (Å²) in [5.74, 6) is -0.990. The number of benzene rings is 1. The molecule has 15 heavy (non-hydrogen) atoms. The fraction of sp³-hybridized carbons (Fsp3) is 0.364. The number of nitrogens with two attached hydrogens (primary N) is 1. The number of carboxylic acid groups (broad SMARTS) is 1. The maximum atomic E-state index is 10.9. The molecule has 1 aromatic rings. The Bertz CT molecular complexity index is 375. The van der Waals surface area contributed by atoms with E-state index in [-0.39, 0.29) is 5.56 Å². The van der Waals surface area contributed by atoms with E-state index in [0.29, 0.717) is 5.69 Å². The predicted molar refractivity (Wildman–Crippen MR) is 61.3 cm³/mol. The van der Waals surface area contributed by atoms with Crippen molar-refractivity contribution in [2.24, 2.45) is 0 Å². The lowest BCUT2D eigenvalue weighted by Crippen LogP contribution is -2.07. The SMILES string of the molecule is CCCNc1cc(C)c(N)c(C(=O)O)c1. The van der Waals surface area contributed by atoms with Crippen molar-refractivity contribution >= 4 is 17.3 Å². The van der Waals surface area contributed by atoms with Crippen LogP contribution in [0.5, 0.6) is 0 Å². The Kier molecular flexibility index (Phi) is 3.55. The highest BCUT2D eigenvalue weighted by Gasteiger charge is 2.11. The van der Waals surface area contributed by atoms with Crippen LogP contribution in [0.3, 0.4) is 0 Å². The van der Waals surface area contributed by atoms with E-state index in [9.17, 15) is 4.79 Å². The summed E-state index contributed by atoms with van der Waals surface area (Å²) in [5, 5.41) is 12.1. The first-order chi connectivity index (χ1) is 7.06. The van der Waals surface area contributed by atoms with Crippen molar-refractivity contribution in [3.63, 3.8) is 0 Å². The molecule has 0 radical (unpaired) electrons. The van der Waals surface area contributed by atoms with Crippen LogP contribution in [0.15, 0.2) is 12.1 Å². The highest BCUT2D eigenvalue weighted by Crippen LogP contribution is 2.22. The first-order valence-electron chi connectivity index (χ1n) is 4.93. The number of hydrogen-bond donors (Lipinski definition) is 3. The molecule has 0 aliphatic carbocycles. The number of aromatic carboxylic acids is 1. The van der Waals surface area contributed by atoms with Crippen molar-refractivity contribution in [2.45, 2.75) is 20.3 Å². The van der Waals surface area contributed by atoms with E-state index in [2.05, 4.69) is 12.2 Å². The molecule has 0 heterocycles. The Morgan fingerprint density at radius 3 is 2.73 bits per heavy atom. The molecule has 0 saturated heterocycles. The molecule has 0 aliphatic heterocycles. The van der Waals surface area contributed by atoms with E-state index < -0.39 is 5.97 Å². The molecule has 1 rings (SSSR count). The largest absolute Gasteiger partial charge is 0.478 e. The second-order valence-electron chi connectivity index (χ2n) is 3.49. The smallest absolute Gasteiger partial charge is 0.337 e. The third kappa shape index (κ3) is 2.62. The summed E-state index contributed by atoms with van der Waals surface area (Å²) < 4.78 is 0. The van der Waals surface area contributed by atoms with Gasteiger partial charge in [-0.1, -0.05) is 6.92 Å². The number of nitrogens with one attached hydrogen (secondary N) is 1. The molecule has 0 aliphatic rings. The summed E-state index contributed by atoms with van der Waals surface area (Å²) in [6, 6.07) is 3.43. The van der Waals surface area contributed by atoms with Gasteiger partial charge in [0.1, 0.15) is 0 Å². The molecule has 0 bridgehead atoms. The van der Waals surface area contributed by atoms with E-state index >= 15 is 0 Å². The average molecular weight is 208 g/mol. The van der Waals surface area contributed by atoms with Gasteiger partial charge in [0.15, 0.2) is 0 Å². The lowest BCUT2D eigenvalue weighted by molar-refractivity contribution is 0.0698. The molecule has 0 amide bonds.